The molecule has 4 nitrogen and oxygen atoms in total. The largest absolute Gasteiger partial charge is 0.376 e. The predicted molar refractivity (Wildman–Crippen MR) is 74.7 cm³/mol. The van der Waals surface area contributed by atoms with E-state index in [0.29, 0.717) is 19.1 Å². The van der Waals surface area contributed by atoms with Crippen LogP contribution in [0.2, 0.25) is 0 Å². The Morgan fingerprint density at radius 3 is 2.95 bits per heavy atom. The Bertz CT molecular complexity index is 394. The Morgan fingerprint density at radius 2 is 2.21 bits per heavy atom. The second kappa shape index (κ2) is 7.26. The summed E-state index contributed by atoms with van der Waals surface area (Å²) < 4.78 is 5.74. The highest BCUT2D eigenvalue weighted by molar-refractivity contribution is 5.78. The van der Waals surface area contributed by atoms with Crippen molar-refractivity contribution < 1.29 is 9.53 Å². The van der Waals surface area contributed by atoms with Crippen molar-refractivity contribution >= 4 is 5.91 Å². The lowest BCUT2D eigenvalue weighted by molar-refractivity contribution is -0.129. The lowest BCUT2D eigenvalue weighted by Crippen LogP contribution is -2.35. The zero-order valence-electron chi connectivity index (χ0n) is 11.5. The highest BCUT2D eigenvalue weighted by Gasteiger charge is 2.25. The van der Waals surface area contributed by atoms with E-state index in [9.17, 15) is 4.79 Å². The number of hydrogen-bond donors (Lipinski definition) is 1. The number of ether oxygens (including phenoxy) is 1. The van der Waals surface area contributed by atoms with E-state index in [1.807, 2.05) is 23.1 Å². The molecule has 1 heterocycles. The van der Waals surface area contributed by atoms with Gasteiger partial charge in [-0.1, -0.05) is 30.3 Å². The average Bonchev–Trinajstić information content (AvgIpc) is 2.89. The third kappa shape index (κ3) is 4.33. The Balaban J connectivity index is 1.67. The standard InChI is InChI=1S/C15H22N2O2/c1-16-9-15(18)17-8-7-14(10-17)12-19-11-13-5-3-2-4-6-13/h2-6,14,16H,7-12H2,1H3. The van der Waals surface area contributed by atoms with Crippen LogP contribution < -0.4 is 5.32 Å². The van der Waals surface area contributed by atoms with Crippen molar-refractivity contribution in [2.24, 2.45) is 5.92 Å². The summed E-state index contributed by atoms with van der Waals surface area (Å²) in [4.78, 5) is 13.6. The lowest BCUT2D eigenvalue weighted by atomic mass is 10.1. The van der Waals surface area contributed by atoms with Crippen molar-refractivity contribution in [2.75, 3.05) is 33.3 Å². The molecule has 1 aromatic rings. The summed E-state index contributed by atoms with van der Waals surface area (Å²) in [5, 5.41) is 2.90. The van der Waals surface area contributed by atoms with Crippen LogP contribution in [-0.2, 0) is 16.1 Å². The number of nitrogens with zero attached hydrogens (tertiary/aromatic N) is 1. The second-order valence-corrected chi connectivity index (χ2v) is 5.03. The fourth-order valence-corrected chi connectivity index (χ4v) is 2.38. The first-order valence-corrected chi connectivity index (χ1v) is 6.83. The molecule has 4 heteroatoms. The number of likely N-dealkylation sites (tertiary alicyclic amines) is 1. The van der Waals surface area contributed by atoms with E-state index in [1.165, 1.54) is 5.56 Å². The molecule has 1 saturated heterocycles. The van der Waals surface area contributed by atoms with Crippen LogP contribution in [0.1, 0.15) is 12.0 Å². The van der Waals surface area contributed by atoms with Crippen LogP contribution in [0.4, 0.5) is 0 Å². The Kier molecular flexibility index (Phi) is 5.36. The van der Waals surface area contributed by atoms with E-state index in [2.05, 4.69) is 17.4 Å². The second-order valence-electron chi connectivity index (χ2n) is 5.03. The molecule has 19 heavy (non-hydrogen) atoms. The molecule has 2 rings (SSSR count). The van der Waals surface area contributed by atoms with Crippen LogP contribution in [0.25, 0.3) is 0 Å². The summed E-state index contributed by atoms with van der Waals surface area (Å²) in [6, 6.07) is 10.2. The van der Waals surface area contributed by atoms with Gasteiger partial charge in [0.1, 0.15) is 0 Å². The molecule has 1 amide bonds. The molecule has 0 saturated carbocycles. The minimum atomic E-state index is 0.188. The number of benzene rings is 1. The van der Waals surface area contributed by atoms with Gasteiger partial charge in [-0.05, 0) is 19.0 Å². The SMILES string of the molecule is CNCC(=O)N1CCC(COCc2ccccc2)C1. The molecule has 0 radical (unpaired) electrons. The molecule has 1 fully saturated rings. The number of amides is 1. The maximum atomic E-state index is 11.7. The van der Waals surface area contributed by atoms with E-state index < -0.39 is 0 Å². The average molecular weight is 262 g/mol. The fraction of sp³-hybridized carbons (Fsp3) is 0.533. The Labute approximate surface area is 114 Å². The molecule has 0 aromatic heterocycles. The first kappa shape index (κ1) is 14.0. The van der Waals surface area contributed by atoms with Gasteiger partial charge in [0.2, 0.25) is 5.91 Å². The minimum absolute atomic E-state index is 0.188. The van der Waals surface area contributed by atoms with E-state index in [0.717, 1.165) is 26.1 Å². The first-order chi connectivity index (χ1) is 9.29. The quantitative estimate of drug-likeness (QED) is 0.839. The number of likely N-dealkylation sites (N-methyl/N-ethyl adjacent to an activating group) is 1. The normalized spacial score (nSPS) is 18.8. The van der Waals surface area contributed by atoms with Crippen molar-refractivity contribution in [2.45, 2.75) is 13.0 Å². The van der Waals surface area contributed by atoms with E-state index in [1.54, 1.807) is 7.05 Å². The van der Waals surface area contributed by atoms with Gasteiger partial charge in [-0.15, -0.1) is 0 Å². The summed E-state index contributed by atoms with van der Waals surface area (Å²) in [7, 11) is 1.80. The molecule has 0 aliphatic carbocycles. The van der Waals surface area contributed by atoms with Crippen molar-refractivity contribution in [1.29, 1.82) is 0 Å². The maximum Gasteiger partial charge on any atom is 0.236 e. The third-order valence-corrected chi connectivity index (χ3v) is 3.43. The number of hydrogen-bond acceptors (Lipinski definition) is 3. The van der Waals surface area contributed by atoms with Crippen LogP contribution in [0.15, 0.2) is 30.3 Å². The van der Waals surface area contributed by atoms with Gasteiger partial charge < -0.3 is 15.0 Å². The number of nitrogens with one attached hydrogen (secondary N) is 1. The molecule has 104 valence electrons. The van der Waals surface area contributed by atoms with Gasteiger partial charge in [0, 0.05) is 19.0 Å². The Morgan fingerprint density at radius 1 is 1.42 bits per heavy atom. The van der Waals surface area contributed by atoms with Crippen molar-refractivity contribution in [3.63, 3.8) is 0 Å². The zero-order valence-corrected chi connectivity index (χ0v) is 11.5. The zero-order chi connectivity index (χ0) is 13.5. The Hall–Kier alpha value is -1.39. The lowest BCUT2D eigenvalue weighted by Gasteiger charge is -2.16. The topological polar surface area (TPSA) is 41.6 Å². The van der Waals surface area contributed by atoms with Crippen LogP contribution in [0.5, 0.6) is 0 Å². The molecule has 1 aliphatic heterocycles. The van der Waals surface area contributed by atoms with Gasteiger partial charge in [-0.2, -0.15) is 0 Å². The summed E-state index contributed by atoms with van der Waals surface area (Å²) in [5.41, 5.74) is 1.20. The van der Waals surface area contributed by atoms with Gasteiger partial charge in [-0.25, -0.2) is 0 Å². The van der Waals surface area contributed by atoms with Crippen molar-refractivity contribution in [1.82, 2.24) is 10.2 Å². The van der Waals surface area contributed by atoms with Gasteiger partial charge in [0.15, 0.2) is 0 Å². The maximum absolute atomic E-state index is 11.7. The van der Waals surface area contributed by atoms with Gasteiger partial charge in [0.25, 0.3) is 0 Å². The van der Waals surface area contributed by atoms with Crippen molar-refractivity contribution in [3.8, 4) is 0 Å². The molecule has 1 atom stereocenters. The fourth-order valence-electron chi connectivity index (χ4n) is 2.38. The van der Waals surface area contributed by atoms with Crippen LogP contribution in [0, 0.1) is 5.92 Å². The van der Waals surface area contributed by atoms with E-state index in [-0.39, 0.29) is 5.91 Å². The molecular weight excluding hydrogens is 240 g/mol. The summed E-state index contributed by atoms with van der Waals surface area (Å²) in [6.07, 6.45) is 1.05. The summed E-state index contributed by atoms with van der Waals surface area (Å²) in [6.45, 7) is 3.51. The first-order valence-electron chi connectivity index (χ1n) is 6.83. The molecule has 0 spiro atoms. The van der Waals surface area contributed by atoms with E-state index in [4.69, 9.17) is 4.74 Å². The van der Waals surface area contributed by atoms with Gasteiger partial charge >= 0.3 is 0 Å². The highest BCUT2D eigenvalue weighted by Crippen LogP contribution is 2.17. The predicted octanol–water partition coefficient (Wildman–Crippen LogP) is 1.27. The summed E-state index contributed by atoms with van der Waals surface area (Å²) >= 11 is 0. The number of carbonyl (C=O) groups is 1. The highest BCUT2D eigenvalue weighted by atomic mass is 16.5. The molecule has 1 aliphatic rings. The molecule has 1 unspecified atom stereocenters. The van der Waals surface area contributed by atoms with Crippen LogP contribution >= 0.6 is 0 Å². The third-order valence-electron chi connectivity index (χ3n) is 3.43. The molecular formula is C15H22N2O2. The minimum Gasteiger partial charge on any atom is -0.376 e. The van der Waals surface area contributed by atoms with E-state index >= 15 is 0 Å². The smallest absolute Gasteiger partial charge is 0.236 e. The summed E-state index contributed by atoms with van der Waals surface area (Å²) in [5.74, 6) is 0.664. The van der Waals surface area contributed by atoms with Gasteiger partial charge in [0.05, 0.1) is 19.8 Å². The van der Waals surface area contributed by atoms with Gasteiger partial charge in [-0.3, -0.25) is 4.79 Å². The monoisotopic (exact) mass is 262 g/mol. The van der Waals surface area contributed by atoms with Crippen molar-refractivity contribution in [3.05, 3.63) is 35.9 Å². The number of carbonyl (C=O) groups excluding carboxylic acids is 1. The molecule has 0 bridgehead atoms. The molecule has 1 aromatic carbocycles. The van der Waals surface area contributed by atoms with Crippen LogP contribution in [0.3, 0.4) is 0 Å². The molecule has 1 N–H and O–H groups in total. The van der Waals surface area contributed by atoms with Crippen LogP contribution in [-0.4, -0.2) is 44.1 Å². The number of rotatable bonds is 6.